The second-order valence-corrected chi connectivity index (χ2v) is 13.8. The fraction of sp³-hybridized carbons (Fsp3) is 0.600. The minimum absolute atomic E-state index is 0.0478. The molecule has 0 aromatic carbocycles. The average molecular weight is 515 g/mol. The first kappa shape index (κ1) is 22.8. The number of aliphatic hydroxyl groups is 1. The number of aryl methyl sites for hydroxylation is 1. The van der Waals surface area contributed by atoms with Crippen LogP contribution in [0, 0.1) is 5.92 Å². The van der Waals surface area contributed by atoms with Crippen molar-refractivity contribution in [3.05, 3.63) is 22.3 Å². The van der Waals surface area contributed by atoms with E-state index in [9.17, 15) is 26.7 Å². The SMILES string of the molecule is CS(=O)(=O)CCc1csc2c1S(=O)(=O)N=C(C1=C(O)C3CCCC3N(NC3CCC3)C1=O)N2. The molecule has 10 nitrogen and oxygen atoms in total. The van der Waals surface area contributed by atoms with Crippen LogP contribution in [-0.4, -0.2) is 62.8 Å². The number of anilines is 1. The minimum Gasteiger partial charge on any atom is -0.511 e. The Balaban J connectivity index is 1.50. The van der Waals surface area contributed by atoms with E-state index in [0.717, 1.165) is 49.7 Å². The van der Waals surface area contributed by atoms with Gasteiger partial charge in [-0.25, -0.2) is 13.8 Å². The van der Waals surface area contributed by atoms with Gasteiger partial charge < -0.3 is 10.4 Å². The number of hydrazine groups is 1. The first-order valence-electron chi connectivity index (χ1n) is 11.0. The normalized spacial score (nSPS) is 27.0. The zero-order valence-electron chi connectivity index (χ0n) is 18.1. The summed E-state index contributed by atoms with van der Waals surface area (Å²) in [5, 5.41) is 17.4. The predicted octanol–water partition coefficient (Wildman–Crippen LogP) is 1.73. The number of carbonyl (C=O) groups excluding carboxylic acids is 1. The van der Waals surface area contributed by atoms with Gasteiger partial charge in [0.2, 0.25) is 0 Å². The third-order valence-electron chi connectivity index (χ3n) is 6.78. The predicted molar refractivity (Wildman–Crippen MR) is 124 cm³/mol. The van der Waals surface area contributed by atoms with Crippen LogP contribution >= 0.6 is 11.3 Å². The number of sulfonamides is 1. The number of amides is 1. The van der Waals surface area contributed by atoms with Gasteiger partial charge in [0.1, 0.15) is 31.1 Å². The summed E-state index contributed by atoms with van der Waals surface area (Å²) in [4.78, 5) is 13.4. The number of thiophene rings is 1. The molecule has 13 heteroatoms. The Labute approximate surface area is 196 Å². The monoisotopic (exact) mass is 514 g/mol. The van der Waals surface area contributed by atoms with Gasteiger partial charge in [-0.1, -0.05) is 12.8 Å². The molecule has 180 valence electrons. The van der Waals surface area contributed by atoms with Crippen LogP contribution in [0.5, 0.6) is 0 Å². The second kappa shape index (κ2) is 8.07. The average Bonchev–Trinajstić information content (AvgIpc) is 3.31. The van der Waals surface area contributed by atoms with E-state index in [1.165, 1.54) is 0 Å². The number of sulfone groups is 1. The quantitative estimate of drug-likeness (QED) is 0.520. The van der Waals surface area contributed by atoms with Gasteiger partial charge in [-0.2, -0.15) is 8.42 Å². The first-order chi connectivity index (χ1) is 15.5. The Morgan fingerprint density at radius 3 is 2.67 bits per heavy atom. The summed E-state index contributed by atoms with van der Waals surface area (Å²) in [6, 6.07) is 0.0329. The van der Waals surface area contributed by atoms with E-state index < -0.39 is 25.8 Å². The fourth-order valence-corrected chi connectivity index (χ4v) is 8.13. The summed E-state index contributed by atoms with van der Waals surface area (Å²) in [5.41, 5.74) is 3.54. The van der Waals surface area contributed by atoms with E-state index in [1.807, 2.05) is 0 Å². The summed E-state index contributed by atoms with van der Waals surface area (Å²) < 4.78 is 53.1. The molecule has 33 heavy (non-hydrogen) atoms. The molecule has 0 radical (unpaired) electrons. The number of hydrogen-bond acceptors (Lipinski definition) is 9. The van der Waals surface area contributed by atoms with Crippen molar-refractivity contribution in [2.75, 3.05) is 17.3 Å². The molecule has 1 aromatic rings. The zero-order valence-corrected chi connectivity index (χ0v) is 20.5. The molecule has 2 aliphatic carbocycles. The number of hydrogen-bond donors (Lipinski definition) is 3. The van der Waals surface area contributed by atoms with E-state index in [4.69, 9.17) is 0 Å². The summed E-state index contributed by atoms with van der Waals surface area (Å²) in [5.74, 6) is -1.24. The summed E-state index contributed by atoms with van der Waals surface area (Å²) in [7, 11) is -7.47. The highest BCUT2D eigenvalue weighted by molar-refractivity contribution is 7.91. The van der Waals surface area contributed by atoms with Gasteiger partial charge >= 0.3 is 0 Å². The molecule has 3 heterocycles. The second-order valence-electron chi connectivity index (χ2n) is 9.14. The van der Waals surface area contributed by atoms with Gasteiger partial charge in [0.05, 0.1) is 11.8 Å². The number of amidine groups is 1. The van der Waals surface area contributed by atoms with Crippen molar-refractivity contribution in [2.45, 2.75) is 61.9 Å². The molecule has 5 rings (SSSR count). The van der Waals surface area contributed by atoms with E-state index >= 15 is 0 Å². The van der Waals surface area contributed by atoms with E-state index in [1.54, 1.807) is 10.4 Å². The van der Waals surface area contributed by atoms with E-state index in [-0.39, 0.29) is 57.2 Å². The zero-order chi connectivity index (χ0) is 23.5. The van der Waals surface area contributed by atoms with E-state index in [0.29, 0.717) is 12.0 Å². The number of aliphatic hydroxyl groups excluding tert-OH is 1. The number of carbonyl (C=O) groups is 1. The van der Waals surface area contributed by atoms with Crippen LogP contribution < -0.4 is 10.7 Å². The lowest BCUT2D eigenvalue weighted by atomic mass is 9.90. The first-order valence-corrected chi connectivity index (χ1v) is 15.4. The number of nitrogens with one attached hydrogen (secondary N) is 2. The van der Waals surface area contributed by atoms with Gasteiger partial charge in [0, 0.05) is 18.2 Å². The highest BCUT2D eigenvalue weighted by atomic mass is 32.2. The van der Waals surface area contributed by atoms with Gasteiger partial charge in [0.25, 0.3) is 15.9 Å². The van der Waals surface area contributed by atoms with Crippen LogP contribution in [0.3, 0.4) is 0 Å². The summed E-state index contributed by atoms with van der Waals surface area (Å²) >= 11 is 1.11. The molecule has 0 bridgehead atoms. The van der Waals surface area contributed by atoms with Crippen LogP contribution in [0.1, 0.15) is 44.1 Å². The summed E-state index contributed by atoms with van der Waals surface area (Å²) in [6.07, 6.45) is 6.51. The highest BCUT2D eigenvalue weighted by Gasteiger charge is 2.48. The van der Waals surface area contributed by atoms with Crippen LogP contribution in [0.25, 0.3) is 0 Å². The lowest BCUT2D eigenvalue weighted by Gasteiger charge is -2.42. The van der Waals surface area contributed by atoms with Crippen molar-refractivity contribution in [2.24, 2.45) is 10.3 Å². The van der Waals surface area contributed by atoms with Crippen LogP contribution in [0.15, 0.2) is 26.0 Å². The molecule has 1 aromatic heterocycles. The van der Waals surface area contributed by atoms with Crippen molar-refractivity contribution in [3.8, 4) is 0 Å². The molecular formula is C20H26N4O6S3. The van der Waals surface area contributed by atoms with Crippen molar-refractivity contribution in [1.82, 2.24) is 10.4 Å². The third-order valence-corrected chi connectivity index (χ3v) is 10.2. The van der Waals surface area contributed by atoms with Gasteiger partial charge in [0.15, 0.2) is 5.84 Å². The Morgan fingerprint density at radius 1 is 1.27 bits per heavy atom. The molecule has 0 saturated heterocycles. The maximum Gasteiger partial charge on any atom is 0.287 e. The smallest absolute Gasteiger partial charge is 0.287 e. The molecule has 3 N–H and O–H groups in total. The van der Waals surface area contributed by atoms with Crippen LogP contribution in [0.2, 0.25) is 0 Å². The largest absolute Gasteiger partial charge is 0.511 e. The maximum absolute atomic E-state index is 13.5. The molecule has 2 atom stereocenters. The standard InChI is InChI=1S/C20H26N4O6S3/c1-32(27,28)9-8-11-10-31-19-17(11)33(29,30)23-18(21-19)15-16(25)13-6-3-7-14(13)24(20(15)26)22-12-4-2-5-12/h10,12-14,22,25H,2-9H2,1H3,(H,21,23). The molecule has 2 unspecified atom stereocenters. The molecule has 1 amide bonds. The summed E-state index contributed by atoms with van der Waals surface area (Å²) in [6.45, 7) is 0. The Bertz CT molecular complexity index is 1280. The Morgan fingerprint density at radius 2 is 2.00 bits per heavy atom. The third kappa shape index (κ3) is 4.08. The van der Waals surface area contributed by atoms with Crippen molar-refractivity contribution in [3.63, 3.8) is 0 Å². The lowest BCUT2D eigenvalue weighted by Crippen LogP contribution is -2.59. The number of fused-ring (bicyclic) bond motifs is 2. The van der Waals surface area contributed by atoms with E-state index in [2.05, 4.69) is 15.1 Å². The van der Waals surface area contributed by atoms with Gasteiger partial charge in [-0.3, -0.25) is 9.80 Å². The molecule has 2 fully saturated rings. The molecule has 2 aliphatic heterocycles. The molecule has 0 spiro atoms. The van der Waals surface area contributed by atoms with Gasteiger partial charge in [-0.05, 0) is 43.0 Å². The van der Waals surface area contributed by atoms with Crippen LogP contribution in [0.4, 0.5) is 5.00 Å². The van der Waals surface area contributed by atoms with Crippen LogP contribution in [-0.2, 0) is 31.1 Å². The Hall–Kier alpha value is -1.96. The maximum atomic E-state index is 13.5. The molecule has 2 saturated carbocycles. The fourth-order valence-electron chi connectivity index (χ4n) is 4.87. The lowest BCUT2D eigenvalue weighted by molar-refractivity contribution is -0.137. The van der Waals surface area contributed by atoms with Crippen molar-refractivity contribution < 1.29 is 26.7 Å². The molecule has 4 aliphatic rings. The van der Waals surface area contributed by atoms with Crippen molar-refractivity contribution in [1.29, 1.82) is 0 Å². The molecular weight excluding hydrogens is 488 g/mol. The Kier molecular flexibility index (Phi) is 5.58. The number of nitrogens with zero attached hydrogens (tertiary/aromatic N) is 2. The topological polar surface area (TPSA) is 145 Å². The minimum atomic E-state index is -4.19. The van der Waals surface area contributed by atoms with Crippen molar-refractivity contribution >= 4 is 47.9 Å². The number of rotatable bonds is 6. The highest BCUT2D eigenvalue weighted by Crippen LogP contribution is 2.42. The van der Waals surface area contributed by atoms with Gasteiger partial charge in [-0.15, -0.1) is 15.7 Å².